The molecule has 7 heteroatoms. The first-order valence-electron chi connectivity index (χ1n) is 6.67. The minimum atomic E-state index is -3.60. The largest absolute Gasteiger partial charge is 0.252 e. The number of sulfonamides is 1. The van der Waals surface area contributed by atoms with Crippen LogP contribution in [0.2, 0.25) is 4.47 Å². The third-order valence-electron chi connectivity index (χ3n) is 3.51. The summed E-state index contributed by atoms with van der Waals surface area (Å²) < 4.78 is 28.4. The van der Waals surface area contributed by atoms with Crippen molar-refractivity contribution in [3.8, 4) is 0 Å². The van der Waals surface area contributed by atoms with E-state index in [1.807, 2.05) is 30.3 Å². The zero-order valence-corrected chi connectivity index (χ0v) is 13.8. The first kappa shape index (κ1) is 15.0. The molecule has 1 aliphatic rings. The molecular formula is C14H15ClN2O2S2. The molecule has 112 valence electrons. The number of halogens is 1. The van der Waals surface area contributed by atoms with Crippen LogP contribution in [0.4, 0.5) is 0 Å². The number of aryl methyl sites for hydroxylation is 1. The third-order valence-corrected chi connectivity index (χ3v) is 6.82. The van der Waals surface area contributed by atoms with Gasteiger partial charge in [0.25, 0.3) is 10.0 Å². The molecular weight excluding hydrogens is 328 g/mol. The summed E-state index contributed by atoms with van der Waals surface area (Å²) in [6, 6.07) is 9.50. The van der Waals surface area contributed by atoms with Crippen LogP contribution in [0, 0.1) is 12.8 Å². The lowest BCUT2D eigenvalue weighted by atomic mass is 10.0. The predicted molar refractivity (Wildman–Crippen MR) is 84.1 cm³/mol. The first-order valence-corrected chi connectivity index (χ1v) is 9.35. The van der Waals surface area contributed by atoms with Gasteiger partial charge in [-0.1, -0.05) is 53.3 Å². The van der Waals surface area contributed by atoms with Crippen molar-refractivity contribution < 1.29 is 8.42 Å². The van der Waals surface area contributed by atoms with Gasteiger partial charge < -0.3 is 0 Å². The Morgan fingerprint density at radius 3 is 2.52 bits per heavy atom. The van der Waals surface area contributed by atoms with Gasteiger partial charge in [-0.25, -0.2) is 18.1 Å². The molecule has 1 aliphatic carbocycles. The molecule has 0 radical (unpaired) electrons. The molecule has 4 nitrogen and oxygen atoms in total. The van der Waals surface area contributed by atoms with Gasteiger partial charge in [-0.15, -0.1) is 0 Å². The first-order chi connectivity index (χ1) is 9.97. The molecule has 0 saturated heterocycles. The Hall–Kier alpha value is -0.950. The SMILES string of the molecule is Cc1nc(Cl)sc1S(=O)(=O)NC(c1ccccc1)C1CC1. The number of thiazole rings is 1. The smallest absolute Gasteiger partial charge is 0.229 e. The highest BCUT2D eigenvalue weighted by molar-refractivity contribution is 7.91. The van der Waals surface area contributed by atoms with E-state index in [-0.39, 0.29) is 14.7 Å². The second kappa shape index (κ2) is 5.68. The highest BCUT2D eigenvalue weighted by Gasteiger charge is 2.36. The molecule has 0 bridgehead atoms. The van der Waals surface area contributed by atoms with Crippen LogP contribution in [0.15, 0.2) is 34.5 Å². The second-order valence-electron chi connectivity index (χ2n) is 5.19. The number of benzene rings is 1. The van der Waals surface area contributed by atoms with Crippen molar-refractivity contribution in [1.82, 2.24) is 9.71 Å². The number of hydrogen-bond acceptors (Lipinski definition) is 4. The Morgan fingerprint density at radius 1 is 1.33 bits per heavy atom. The maximum absolute atomic E-state index is 12.6. The number of aromatic nitrogens is 1. The lowest BCUT2D eigenvalue weighted by Gasteiger charge is -2.18. The maximum Gasteiger partial charge on any atom is 0.252 e. The molecule has 2 aromatic rings. The average molecular weight is 343 g/mol. The molecule has 1 unspecified atom stereocenters. The monoisotopic (exact) mass is 342 g/mol. The summed E-state index contributed by atoms with van der Waals surface area (Å²) in [5, 5.41) is 0. The number of hydrogen-bond donors (Lipinski definition) is 1. The van der Waals surface area contributed by atoms with E-state index in [0.29, 0.717) is 11.6 Å². The molecule has 1 heterocycles. The fraction of sp³-hybridized carbons (Fsp3) is 0.357. The number of rotatable bonds is 5. The van der Waals surface area contributed by atoms with Gasteiger partial charge in [0.15, 0.2) is 8.68 Å². The van der Waals surface area contributed by atoms with Crippen molar-refractivity contribution in [1.29, 1.82) is 0 Å². The quantitative estimate of drug-likeness (QED) is 0.904. The van der Waals surface area contributed by atoms with E-state index in [2.05, 4.69) is 9.71 Å². The van der Waals surface area contributed by atoms with E-state index in [4.69, 9.17) is 11.6 Å². The lowest BCUT2D eigenvalue weighted by molar-refractivity contribution is 0.530. The summed E-state index contributed by atoms with van der Waals surface area (Å²) in [4.78, 5) is 3.98. The Kier molecular flexibility index (Phi) is 4.05. The van der Waals surface area contributed by atoms with Gasteiger partial charge in [-0.2, -0.15) is 0 Å². The molecule has 1 atom stereocenters. The van der Waals surface area contributed by atoms with Gasteiger partial charge in [0.05, 0.1) is 5.69 Å². The zero-order chi connectivity index (χ0) is 15.0. The molecule has 3 rings (SSSR count). The van der Waals surface area contributed by atoms with Crippen LogP contribution in [-0.2, 0) is 10.0 Å². The molecule has 1 N–H and O–H groups in total. The lowest BCUT2D eigenvalue weighted by Crippen LogP contribution is -2.29. The Balaban J connectivity index is 1.91. The van der Waals surface area contributed by atoms with Crippen LogP contribution in [0.5, 0.6) is 0 Å². The minimum absolute atomic E-state index is 0.184. The number of nitrogens with zero attached hydrogens (tertiary/aromatic N) is 1. The summed E-state index contributed by atoms with van der Waals surface area (Å²) in [5.41, 5.74) is 1.44. The molecule has 0 spiro atoms. The third kappa shape index (κ3) is 3.29. The fourth-order valence-electron chi connectivity index (χ4n) is 2.35. The standard InChI is InChI=1S/C14H15ClN2O2S2/c1-9-13(20-14(15)16-9)21(18,19)17-12(11-7-8-11)10-5-3-2-4-6-10/h2-6,11-12,17H,7-8H2,1H3. The van der Waals surface area contributed by atoms with Crippen LogP contribution in [0.1, 0.15) is 30.1 Å². The van der Waals surface area contributed by atoms with E-state index in [1.165, 1.54) is 0 Å². The molecule has 1 fully saturated rings. The van der Waals surface area contributed by atoms with Crippen molar-refractivity contribution in [2.45, 2.75) is 30.0 Å². The zero-order valence-electron chi connectivity index (χ0n) is 11.4. The predicted octanol–water partition coefficient (Wildman–Crippen LogP) is 3.53. The molecule has 1 saturated carbocycles. The Bertz CT molecular complexity index is 740. The highest BCUT2D eigenvalue weighted by atomic mass is 35.5. The number of nitrogens with one attached hydrogen (secondary N) is 1. The Labute approximate surface area is 133 Å². The van der Waals surface area contributed by atoms with E-state index >= 15 is 0 Å². The molecule has 21 heavy (non-hydrogen) atoms. The van der Waals surface area contributed by atoms with Crippen LogP contribution < -0.4 is 4.72 Å². The molecule has 1 aromatic heterocycles. The normalized spacial score (nSPS) is 16.9. The molecule has 1 aromatic carbocycles. The van der Waals surface area contributed by atoms with Crippen LogP contribution in [0.3, 0.4) is 0 Å². The van der Waals surface area contributed by atoms with E-state index < -0.39 is 10.0 Å². The maximum atomic E-state index is 12.6. The van der Waals surface area contributed by atoms with Crippen molar-refractivity contribution in [2.75, 3.05) is 0 Å². The van der Waals surface area contributed by atoms with Gasteiger partial charge in [-0.3, -0.25) is 0 Å². The summed E-state index contributed by atoms with van der Waals surface area (Å²) in [7, 11) is -3.60. The minimum Gasteiger partial charge on any atom is -0.229 e. The van der Waals surface area contributed by atoms with Crippen LogP contribution in [0.25, 0.3) is 0 Å². The fourth-order valence-corrected chi connectivity index (χ4v) is 5.40. The summed E-state index contributed by atoms with van der Waals surface area (Å²) >= 11 is 6.81. The molecule has 0 aliphatic heterocycles. The average Bonchev–Trinajstić information content (AvgIpc) is 3.22. The highest BCUT2D eigenvalue weighted by Crippen LogP contribution is 2.42. The van der Waals surface area contributed by atoms with Gasteiger partial charge >= 0.3 is 0 Å². The van der Waals surface area contributed by atoms with Crippen LogP contribution >= 0.6 is 22.9 Å². The van der Waals surface area contributed by atoms with E-state index in [0.717, 1.165) is 29.7 Å². The van der Waals surface area contributed by atoms with Crippen LogP contribution in [-0.4, -0.2) is 13.4 Å². The van der Waals surface area contributed by atoms with Crippen molar-refractivity contribution >= 4 is 33.0 Å². The van der Waals surface area contributed by atoms with Gasteiger partial charge in [0.1, 0.15) is 0 Å². The second-order valence-corrected chi connectivity index (χ2v) is 8.68. The summed E-state index contributed by atoms with van der Waals surface area (Å²) in [5.74, 6) is 0.367. The molecule has 0 amide bonds. The summed E-state index contributed by atoms with van der Waals surface area (Å²) in [6.07, 6.45) is 2.09. The van der Waals surface area contributed by atoms with E-state index in [9.17, 15) is 8.42 Å². The van der Waals surface area contributed by atoms with Crippen molar-refractivity contribution in [2.24, 2.45) is 5.92 Å². The van der Waals surface area contributed by atoms with Crippen molar-refractivity contribution in [3.63, 3.8) is 0 Å². The Morgan fingerprint density at radius 2 is 2.00 bits per heavy atom. The summed E-state index contributed by atoms with van der Waals surface area (Å²) in [6.45, 7) is 1.66. The van der Waals surface area contributed by atoms with Gasteiger partial charge in [-0.05, 0) is 31.2 Å². The topological polar surface area (TPSA) is 59.1 Å². The van der Waals surface area contributed by atoms with Gasteiger partial charge in [0.2, 0.25) is 0 Å². The van der Waals surface area contributed by atoms with E-state index in [1.54, 1.807) is 6.92 Å². The van der Waals surface area contributed by atoms with Gasteiger partial charge in [0, 0.05) is 6.04 Å². The van der Waals surface area contributed by atoms with Crippen molar-refractivity contribution in [3.05, 3.63) is 46.1 Å².